The van der Waals surface area contributed by atoms with Crippen LogP contribution in [0.4, 0.5) is 5.69 Å². The van der Waals surface area contributed by atoms with E-state index in [-0.39, 0.29) is 11.9 Å². The van der Waals surface area contributed by atoms with Crippen LogP contribution in [0.1, 0.15) is 6.42 Å². The van der Waals surface area contributed by atoms with Gasteiger partial charge in [-0.3, -0.25) is 10.1 Å². The number of thioether (sulfide) groups is 1. The summed E-state index contributed by atoms with van der Waals surface area (Å²) in [6.45, 7) is 1.60. The summed E-state index contributed by atoms with van der Waals surface area (Å²) >= 11 is 1.77. The molecule has 1 aliphatic heterocycles. The largest absolute Gasteiger partial charge is 0.385 e. The Hall–Kier alpha value is -1.20. The van der Waals surface area contributed by atoms with E-state index in [1.807, 2.05) is 30.3 Å². The molecule has 98 valence electrons. The van der Waals surface area contributed by atoms with Gasteiger partial charge in [0.25, 0.3) is 0 Å². The molecule has 1 aliphatic rings. The summed E-state index contributed by atoms with van der Waals surface area (Å²) in [6, 6.07) is 10.1. The van der Waals surface area contributed by atoms with Crippen molar-refractivity contribution in [3.05, 3.63) is 30.3 Å². The highest BCUT2D eigenvalue weighted by Gasteiger charge is 2.21. The molecule has 5 heteroatoms. The number of hydrogen-bond donors (Lipinski definition) is 3. The first kappa shape index (κ1) is 13.2. The summed E-state index contributed by atoms with van der Waals surface area (Å²) in [5, 5.41) is 9.43. The Bertz CT molecular complexity index is 366. The monoisotopic (exact) mass is 265 g/mol. The van der Waals surface area contributed by atoms with E-state index >= 15 is 0 Å². The van der Waals surface area contributed by atoms with Gasteiger partial charge in [0, 0.05) is 30.4 Å². The highest BCUT2D eigenvalue weighted by Crippen LogP contribution is 2.09. The Labute approximate surface area is 112 Å². The third-order valence-electron chi connectivity index (χ3n) is 2.79. The molecule has 1 amide bonds. The molecule has 0 bridgehead atoms. The highest BCUT2D eigenvalue weighted by molar-refractivity contribution is 7.99. The van der Waals surface area contributed by atoms with Gasteiger partial charge < -0.3 is 10.6 Å². The summed E-state index contributed by atoms with van der Waals surface area (Å²) in [5.74, 6) is 1.89. The molecule has 0 spiro atoms. The molecule has 1 aromatic rings. The maximum absolute atomic E-state index is 11.7. The average molecular weight is 265 g/mol. The van der Waals surface area contributed by atoms with E-state index in [1.54, 1.807) is 11.8 Å². The van der Waals surface area contributed by atoms with Crippen LogP contribution >= 0.6 is 11.8 Å². The Kier molecular flexibility index (Phi) is 5.36. The smallest absolute Gasteiger partial charge is 0.238 e. The minimum absolute atomic E-state index is 0.00270. The Morgan fingerprint density at radius 2 is 2.17 bits per heavy atom. The van der Waals surface area contributed by atoms with E-state index < -0.39 is 0 Å². The summed E-state index contributed by atoms with van der Waals surface area (Å²) in [5.41, 5.74) is 1.12. The quantitative estimate of drug-likeness (QED) is 0.678. The Balaban J connectivity index is 1.54. The molecule has 1 saturated heterocycles. The van der Waals surface area contributed by atoms with Crippen molar-refractivity contribution in [3.63, 3.8) is 0 Å². The van der Waals surface area contributed by atoms with Crippen molar-refractivity contribution in [2.45, 2.75) is 12.5 Å². The fourth-order valence-electron chi connectivity index (χ4n) is 1.78. The molecule has 0 radical (unpaired) electrons. The van der Waals surface area contributed by atoms with Crippen LogP contribution in [0.15, 0.2) is 30.3 Å². The molecule has 1 heterocycles. The molecule has 1 fully saturated rings. The third-order valence-corrected chi connectivity index (χ3v) is 3.73. The van der Waals surface area contributed by atoms with E-state index in [0.717, 1.165) is 36.8 Å². The van der Waals surface area contributed by atoms with Gasteiger partial charge in [0.2, 0.25) is 5.91 Å². The molecule has 18 heavy (non-hydrogen) atoms. The van der Waals surface area contributed by atoms with Crippen LogP contribution in [0.2, 0.25) is 0 Å². The molecule has 4 nitrogen and oxygen atoms in total. The second kappa shape index (κ2) is 7.28. The van der Waals surface area contributed by atoms with Crippen LogP contribution in [-0.2, 0) is 4.79 Å². The fraction of sp³-hybridized carbons (Fsp3) is 0.462. The molecule has 0 saturated carbocycles. The number of carbonyl (C=O) groups is 1. The number of anilines is 1. The molecule has 0 aromatic heterocycles. The number of benzene rings is 1. The van der Waals surface area contributed by atoms with E-state index in [2.05, 4.69) is 16.0 Å². The lowest BCUT2D eigenvalue weighted by Gasteiger charge is -2.11. The molecule has 1 unspecified atom stereocenters. The molecule has 1 aromatic carbocycles. The number of amides is 1. The first-order valence-corrected chi connectivity index (χ1v) is 7.39. The highest BCUT2D eigenvalue weighted by atomic mass is 32.2. The van der Waals surface area contributed by atoms with Crippen molar-refractivity contribution in [3.8, 4) is 0 Å². The topological polar surface area (TPSA) is 53.2 Å². The minimum atomic E-state index is -0.00270. The predicted molar refractivity (Wildman–Crippen MR) is 76.8 cm³/mol. The fourth-order valence-corrected chi connectivity index (χ4v) is 2.72. The van der Waals surface area contributed by atoms with Crippen LogP contribution in [0, 0.1) is 0 Å². The standard InChI is InChI=1S/C13H19N3OS/c17-13(12-9-18-10-16-12)15-8-4-7-14-11-5-2-1-3-6-11/h1-3,5-6,12,14,16H,4,7-10H2,(H,15,17). The van der Waals surface area contributed by atoms with Gasteiger partial charge in [-0.25, -0.2) is 0 Å². The molecule has 3 N–H and O–H groups in total. The molecule has 1 atom stereocenters. The molecular weight excluding hydrogens is 246 g/mol. The summed E-state index contributed by atoms with van der Waals surface area (Å²) < 4.78 is 0. The zero-order valence-corrected chi connectivity index (χ0v) is 11.1. The van der Waals surface area contributed by atoms with Gasteiger partial charge >= 0.3 is 0 Å². The lowest BCUT2D eigenvalue weighted by molar-refractivity contribution is -0.122. The second-order valence-electron chi connectivity index (χ2n) is 4.21. The van der Waals surface area contributed by atoms with Crippen molar-refractivity contribution >= 4 is 23.4 Å². The van der Waals surface area contributed by atoms with Gasteiger partial charge in [-0.2, -0.15) is 0 Å². The minimum Gasteiger partial charge on any atom is -0.385 e. The van der Waals surface area contributed by atoms with E-state index in [0.29, 0.717) is 0 Å². The summed E-state index contributed by atoms with van der Waals surface area (Å²) in [6.07, 6.45) is 0.931. The Morgan fingerprint density at radius 1 is 1.33 bits per heavy atom. The van der Waals surface area contributed by atoms with Crippen molar-refractivity contribution < 1.29 is 4.79 Å². The maximum atomic E-state index is 11.7. The molecular formula is C13H19N3OS. The first-order valence-electron chi connectivity index (χ1n) is 6.24. The van der Waals surface area contributed by atoms with Crippen molar-refractivity contribution in [2.24, 2.45) is 0 Å². The van der Waals surface area contributed by atoms with Gasteiger partial charge in [0.15, 0.2) is 0 Å². The van der Waals surface area contributed by atoms with Gasteiger partial charge in [-0.05, 0) is 18.6 Å². The normalized spacial score (nSPS) is 18.6. The Morgan fingerprint density at radius 3 is 2.89 bits per heavy atom. The van der Waals surface area contributed by atoms with Crippen LogP contribution in [0.3, 0.4) is 0 Å². The predicted octanol–water partition coefficient (Wildman–Crippen LogP) is 1.27. The number of carbonyl (C=O) groups excluding carboxylic acids is 1. The second-order valence-corrected chi connectivity index (χ2v) is 5.24. The van der Waals surface area contributed by atoms with E-state index in [9.17, 15) is 4.79 Å². The maximum Gasteiger partial charge on any atom is 0.238 e. The van der Waals surface area contributed by atoms with Crippen LogP contribution < -0.4 is 16.0 Å². The zero-order chi connectivity index (χ0) is 12.6. The summed E-state index contributed by atoms with van der Waals surface area (Å²) in [7, 11) is 0. The van der Waals surface area contributed by atoms with E-state index in [4.69, 9.17) is 0 Å². The number of para-hydroxylation sites is 1. The van der Waals surface area contributed by atoms with Gasteiger partial charge in [0.1, 0.15) is 0 Å². The molecule has 0 aliphatic carbocycles. The van der Waals surface area contributed by atoms with Crippen molar-refractivity contribution in [2.75, 3.05) is 30.0 Å². The van der Waals surface area contributed by atoms with Crippen molar-refractivity contribution in [1.82, 2.24) is 10.6 Å². The molecule has 2 rings (SSSR count). The number of nitrogens with one attached hydrogen (secondary N) is 3. The lowest BCUT2D eigenvalue weighted by atomic mass is 10.3. The van der Waals surface area contributed by atoms with Gasteiger partial charge in [-0.1, -0.05) is 18.2 Å². The first-order chi connectivity index (χ1) is 8.86. The third kappa shape index (κ3) is 4.23. The number of rotatable bonds is 6. The van der Waals surface area contributed by atoms with Crippen LogP contribution in [0.25, 0.3) is 0 Å². The number of hydrogen-bond acceptors (Lipinski definition) is 4. The van der Waals surface area contributed by atoms with Gasteiger partial charge in [-0.15, -0.1) is 11.8 Å². The van der Waals surface area contributed by atoms with Crippen molar-refractivity contribution in [1.29, 1.82) is 0 Å². The van der Waals surface area contributed by atoms with Crippen LogP contribution in [-0.4, -0.2) is 36.7 Å². The van der Waals surface area contributed by atoms with E-state index in [1.165, 1.54) is 0 Å². The zero-order valence-electron chi connectivity index (χ0n) is 10.3. The van der Waals surface area contributed by atoms with Crippen LogP contribution in [0.5, 0.6) is 0 Å². The van der Waals surface area contributed by atoms with Gasteiger partial charge in [0.05, 0.1) is 6.04 Å². The summed E-state index contributed by atoms with van der Waals surface area (Å²) in [4.78, 5) is 11.7. The SMILES string of the molecule is O=C(NCCCNc1ccccc1)C1CSCN1. The lowest BCUT2D eigenvalue weighted by Crippen LogP contribution is -2.42. The average Bonchev–Trinajstić information content (AvgIpc) is 2.93.